The van der Waals surface area contributed by atoms with Crippen molar-refractivity contribution in [2.75, 3.05) is 5.32 Å². The molecule has 0 aliphatic carbocycles. The summed E-state index contributed by atoms with van der Waals surface area (Å²) >= 11 is 11.7. The Labute approximate surface area is 95.1 Å². The van der Waals surface area contributed by atoms with Crippen LogP contribution in [-0.4, -0.2) is 15.9 Å². The van der Waals surface area contributed by atoms with Crippen molar-refractivity contribution in [3.05, 3.63) is 22.2 Å². The second kappa shape index (κ2) is 3.60. The van der Waals surface area contributed by atoms with Crippen LogP contribution in [0.4, 0.5) is 5.95 Å². The number of nitrogens with zero attached hydrogens (tertiary/aromatic N) is 1. The van der Waals surface area contributed by atoms with E-state index < -0.39 is 0 Å². The number of aromatic amines is 1. The molecular weight excluding hydrogens is 237 g/mol. The Kier molecular flexibility index (Phi) is 2.42. The van der Waals surface area contributed by atoms with Crippen molar-refractivity contribution in [1.82, 2.24) is 9.97 Å². The van der Waals surface area contributed by atoms with Gasteiger partial charge >= 0.3 is 0 Å². The Morgan fingerprint density at radius 2 is 2.07 bits per heavy atom. The van der Waals surface area contributed by atoms with Crippen molar-refractivity contribution >= 4 is 46.1 Å². The van der Waals surface area contributed by atoms with Crippen molar-refractivity contribution in [2.24, 2.45) is 5.73 Å². The molecule has 0 aliphatic rings. The predicted octanol–water partition coefficient (Wildman–Crippen LogP) is 2.18. The zero-order chi connectivity index (χ0) is 11.0. The molecule has 0 amide bonds. The smallest absolute Gasteiger partial charge is 0.208 e. The van der Waals surface area contributed by atoms with Gasteiger partial charge in [-0.3, -0.25) is 10.7 Å². The average Bonchev–Trinajstić information content (AvgIpc) is 2.46. The largest absolute Gasteiger partial charge is 0.370 e. The van der Waals surface area contributed by atoms with Crippen molar-refractivity contribution in [3.63, 3.8) is 0 Å². The van der Waals surface area contributed by atoms with Crippen molar-refractivity contribution in [2.45, 2.75) is 0 Å². The summed E-state index contributed by atoms with van der Waals surface area (Å²) in [5.74, 6) is 0.196. The maximum atomic E-state index is 7.04. The fourth-order valence-electron chi connectivity index (χ4n) is 1.19. The van der Waals surface area contributed by atoms with Gasteiger partial charge in [-0.05, 0) is 12.1 Å². The van der Waals surface area contributed by atoms with E-state index in [9.17, 15) is 0 Å². The third-order valence-corrected chi connectivity index (χ3v) is 2.50. The van der Waals surface area contributed by atoms with Gasteiger partial charge in [0.05, 0.1) is 21.1 Å². The molecule has 78 valence electrons. The SMILES string of the molecule is N=C(N)Nc1nc2cc(Cl)c(Cl)cc2[nH]1. The molecule has 1 heterocycles. The van der Waals surface area contributed by atoms with E-state index in [2.05, 4.69) is 15.3 Å². The number of nitrogens with one attached hydrogen (secondary N) is 3. The lowest BCUT2D eigenvalue weighted by Gasteiger charge is -1.95. The quantitative estimate of drug-likeness (QED) is 0.457. The van der Waals surface area contributed by atoms with E-state index in [1.54, 1.807) is 12.1 Å². The van der Waals surface area contributed by atoms with Gasteiger partial charge in [-0.1, -0.05) is 23.2 Å². The summed E-state index contributed by atoms with van der Waals surface area (Å²) in [6.07, 6.45) is 0. The standard InChI is InChI=1S/C8H7Cl2N5/c9-3-1-5-6(2-4(3)10)14-8(13-5)15-7(11)12/h1-2H,(H5,11,12,13,14,15). The van der Waals surface area contributed by atoms with Gasteiger partial charge < -0.3 is 10.7 Å². The summed E-state index contributed by atoms with van der Waals surface area (Å²) in [4.78, 5) is 7.03. The predicted molar refractivity (Wildman–Crippen MR) is 61.7 cm³/mol. The first-order chi connectivity index (χ1) is 7.06. The van der Waals surface area contributed by atoms with E-state index >= 15 is 0 Å². The number of aromatic nitrogens is 2. The summed E-state index contributed by atoms with van der Waals surface area (Å²) in [7, 11) is 0. The Bertz CT molecular complexity index is 494. The van der Waals surface area contributed by atoms with E-state index in [0.29, 0.717) is 21.5 Å². The Balaban J connectivity index is 2.51. The molecule has 5 nitrogen and oxygen atoms in total. The van der Waals surface area contributed by atoms with Crippen LogP contribution in [0.5, 0.6) is 0 Å². The van der Waals surface area contributed by atoms with Gasteiger partial charge in [-0.15, -0.1) is 0 Å². The molecule has 1 aromatic heterocycles. The molecule has 15 heavy (non-hydrogen) atoms. The lowest BCUT2D eigenvalue weighted by atomic mass is 10.3. The molecule has 0 bridgehead atoms. The molecule has 0 saturated carbocycles. The van der Waals surface area contributed by atoms with Crippen molar-refractivity contribution < 1.29 is 0 Å². The first kappa shape index (κ1) is 10.1. The topological polar surface area (TPSA) is 90.6 Å². The maximum Gasteiger partial charge on any atom is 0.208 e. The van der Waals surface area contributed by atoms with Gasteiger partial charge in [0, 0.05) is 0 Å². The zero-order valence-electron chi connectivity index (χ0n) is 7.44. The highest BCUT2D eigenvalue weighted by Gasteiger charge is 2.06. The lowest BCUT2D eigenvalue weighted by molar-refractivity contribution is 1.29. The number of hydrogen-bond acceptors (Lipinski definition) is 2. The second-order valence-corrected chi connectivity index (χ2v) is 3.72. The number of anilines is 1. The highest BCUT2D eigenvalue weighted by molar-refractivity contribution is 6.42. The Morgan fingerprint density at radius 3 is 2.73 bits per heavy atom. The number of H-pyrrole nitrogens is 1. The molecule has 0 unspecified atom stereocenters. The number of benzene rings is 1. The fourth-order valence-corrected chi connectivity index (χ4v) is 1.51. The van der Waals surface area contributed by atoms with Crippen LogP contribution in [0.2, 0.25) is 10.0 Å². The van der Waals surface area contributed by atoms with E-state index in [1.807, 2.05) is 0 Å². The Hall–Kier alpha value is -1.46. The summed E-state index contributed by atoms with van der Waals surface area (Å²) < 4.78 is 0. The van der Waals surface area contributed by atoms with Gasteiger partial charge in [-0.25, -0.2) is 4.98 Å². The van der Waals surface area contributed by atoms with E-state index in [4.69, 9.17) is 34.3 Å². The minimum Gasteiger partial charge on any atom is -0.370 e. The third kappa shape index (κ3) is 1.98. The van der Waals surface area contributed by atoms with Crippen LogP contribution in [0.15, 0.2) is 12.1 Å². The number of hydrogen-bond donors (Lipinski definition) is 4. The highest BCUT2D eigenvalue weighted by Crippen LogP contribution is 2.27. The van der Waals surface area contributed by atoms with Crippen LogP contribution >= 0.6 is 23.2 Å². The monoisotopic (exact) mass is 243 g/mol. The number of fused-ring (bicyclic) bond motifs is 1. The van der Waals surface area contributed by atoms with Gasteiger partial charge in [0.2, 0.25) is 5.95 Å². The van der Waals surface area contributed by atoms with Gasteiger partial charge in [-0.2, -0.15) is 0 Å². The summed E-state index contributed by atoms with van der Waals surface area (Å²) in [5.41, 5.74) is 6.56. The van der Waals surface area contributed by atoms with E-state index in [1.165, 1.54) is 0 Å². The van der Waals surface area contributed by atoms with Crippen LogP contribution in [0, 0.1) is 5.41 Å². The molecule has 0 aliphatic heterocycles. The molecular formula is C8H7Cl2N5. The van der Waals surface area contributed by atoms with Crippen LogP contribution in [0.1, 0.15) is 0 Å². The molecule has 0 fully saturated rings. The first-order valence-electron chi connectivity index (χ1n) is 4.02. The number of halogens is 2. The third-order valence-electron chi connectivity index (χ3n) is 1.78. The Morgan fingerprint density at radius 1 is 1.40 bits per heavy atom. The number of rotatable bonds is 1. The summed E-state index contributed by atoms with van der Waals surface area (Å²) in [5, 5.41) is 10.5. The molecule has 0 radical (unpaired) electrons. The number of guanidine groups is 1. The fraction of sp³-hybridized carbons (Fsp3) is 0. The lowest BCUT2D eigenvalue weighted by Crippen LogP contribution is -2.21. The van der Waals surface area contributed by atoms with Gasteiger partial charge in [0.1, 0.15) is 0 Å². The zero-order valence-corrected chi connectivity index (χ0v) is 8.95. The molecule has 2 aromatic rings. The number of imidazole rings is 1. The van der Waals surface area contributed by atoms with Crippen molar-refractivity contribution in [1.29, 1.82) is 5.41 Å². The van der Waals surface area contributed by atoms with Crippen LogP contribution in [0.25, 0.3) is 11.0 Å². The molecule has 2 rings (SSSR count). The van der Waals surface area contributed by atoms with Crippen LogP contribution < -0.4 is 11.1 Å². The maximum absolute atomic E-state index is 7.04. The number of nitrogens with two attached hydrogens (primary N) is 1. The molecule has 1 aromatic carbocycles. The molecule has 0 saturated heterocycles. The first-order valence-corrected chi connectivity index (χ1v) is 4.77. The molecule has 0 spiro atoms. The van der Waals surface area contributed by atoms with Crippen LogP contribution in [0.3, 0.4) is 0 Å². The van der Waals surface area contributed by atoms with E-state index in [0.717, 1.165) is 5.52 Å². The summed E-state index contributed by atoms with van der Waals surface area (Å²) in [6, 6.07) is 3.30. The van der Waals surface area contributed by atoms with Gasteiger partial charge in [0.25, 0.3) is 0 Å². The van der Waals surface area contributed by atoms with E-state index in [-0.39, 0.29) is 5.96 Å². The highest BCUT2D eigenvalue weighted by atomic mass is 35.5. The van der Waals surface area contributed by atoms with Crippen LogP contribution in [-0.2, 0) is 0 Å². The molecule has 0 atom stereocenters. The minimum absolute atomic E-state index is 0.189. The minimum atomic E-state index is -0.189. The normalized spacial score (nSPS) is 10.5. The average molecular weight is 244 g/mol. The molecule has 5 N–H and O–H groups in total. The molecule has 7 heteroatoms. The van der Waals surface area contributed by atoms with Gasteiger partial charge in [0.15, 0.2) is 5.96 Å². The van der Waals surface area contributed by atoms with Crippen molar-refractivity contribution in [3.8, 4) is 0 Å². The summed E-state index contributed by atoms with van der Waals surface area (Å²) in [6.45, 7) is 0. The second-order valence-electron chi connectivity index (χ2n) is 2.91.